The molecule has 0 saturated carbocycles. The quantitative estimate of drug-likeness (QED) is 0.129. The molecule has 0 rings (SSSR count). The average molecular weight is 386 g/mol. The number of carboxylic acid groups (broad SMARTS) is 1. The van der Waals surface area contributed by atoms with E-state index in [9.17, 15) is 4.79 Å². The van der Waals surface area contributed by atoms with Crippen LogP contribution in [-0.4, -0.2) is 23.0 Å². The fourth-order valence-electron chi connectivity index (χ4n) is 2.79. The fraction of sp³-hybridized carbons (Fsp3) is 0.850. The lowest BCUT2D eigenvalue weighted by Gasteiger charge is -2.03. The van der Waals surface area contributed by atoms with Gasteiger partial charge in [-0.2, -0.15) is 0 Å². The van der Waals surface area contributed by atoms with E-state index in [2.05, 4.69) is 6.92 Å². The Kier molecular flexibility index (Phi) is 22.6. The molecule has 0 bridgehead atoms. The molecule has 27 heavy (non-hydrogen) atoms. The van der Waals surface area contributed by atoms with E-state index in [1.54, 1.807) is 0 Å². The lowest BCUT2D eigenvalue weighted by Crippen LogP contribution is -2.39. The molecule has 0 spiro atoms. The Morgan fingerprint density at radius 3 is 1.22 bits per heavy atom. The Hall–Kier alpha value is -1.79. The Morgan fingerprint density at radius 2 is 1.00 bits per heavy atom. The molecule has 0 fully saturated rings. The van der Waals surface area contributed by atoms with E-state index in [-0.39, 0.29) is 11.9 Å². The molecule has 0 amide bonds. The van der Waals surface area contributed by atoms with E-state index in [1.807, 2.05) is 5.32 Å². The molecule has 0 atom stereocenters. The third-order valence-corrected chi connectivity index (χ3v) is 4.26. The first-order valence-corrected chi connectivity index (χ1v) is 10.6. The number of unbranched alkanes of at least 4 members (excludes halogenated alkanes) is 14. The third-order valence-electron chi connectivity index (χ3n) is 4.26. The highest BCUT2D eigenvalue weighted by Gasteiger charge is 1.97. The van der Waals surface area contributed by atoms with Crippen molar-refractivity contribution in [2.45, 2.75) is 110 Å². The minimum atomic E-state index is -0.653. The molecule has 0 radical (unpaired) electrons. The van der Waals surface area contributed by atoms with E-state index >= 15 is 0 Å². The van der Waals surface area contributed by atoms with E-state index in [0.29, 0.717) is 6.42 Å². The molecule has 0 aliphatic carbocycles. The lowest BCUT2D eigenvalue weighted by atomic mass is 10.0. The summed E-state index contributed by atoms with van der Waals surface area (Å²) in [7, 11) is 0. The van der Waals surface area contributed by atoms with Crippen molar-refractivity contribution >= 4 is 17.9 Å². The summed E-state index contributed by atoms with van der Waals surface area (Å²) in [5.74, 6) is -1.28. The molecule has 0 aromatic rings. The number of carbonyl (C=O) groups is 1. The van der Waals surface area contributed by atoms with Gasteiger partial charge in [0.15, 0.2) is 11.9 Å². The summed E-state index contributed by atoms with van der Waals surface area (Å²) in [5.41, 5.74) is 9.49. The van der Waals surface area contributed by atoms with Gasteiger partial charge in [0.2, 0.25) is 0 Å². The van der Waals surface area contributed by atoms with Gasteiger partial charge in [-0.05, 0) is 6.42 Å². The summed E-state index contributed by atoms with van der Waals surface area (Å²) in [5, 5.41) is 23.5. The van der Waals surface area contributed by atoms with Crippen LogP contribution < -0.4 is 16.8 Å². The summed E-state index contributed by atoms with van der Waals surface area (Å²) >= 11 is 0. The highest BCUT2D eigenvalue weighted by atomic mass is 16.4. The van der Waals surface area contributed by atoms with Gasteiger partial charge in [-0.1, -0.05) is 96.8 Å². The monoisotopic (exact) mass is 385 g/mol. The van der Waals surface area contributed by atoms with Crippen molar-refractivity contribution in [3.05, 3.63) is 0 Å². The zero-order chi connectivity index (χ0) is 20.8. The second kappa shape index (κ2) is 22.3. The number of aliphatic carboxylic acids is 1. The Balaban J connectivity index is 0. The van der Waals surface area contributed by atoms with Gasteiger partial charge in [0.25, 0.3) is 0 Å². The van der Waals surface area contributed by atoms with E-state index < -0.39 is 5.97 Å². The van der Waals surface area contributed by atoms with Crippen LogP contribution in [0.15, 0.2) is 0 Å². The van der Waals surface area contributed by atoms with Crippen molar-refractivity contribution in [2.24, 2.45) is 11.5 Å². The average Bonchev–Trinajstić information content (AvgIpc) is 2.57. The first kappa shape index (κ1) is 27.4. The van der Waals surface area contributed by atoms with Crippen molar-refractivity contribution in [3.63, 3.8) is 0 Å². The first-order chi connectivity index (χ1) is 12.9. The summed E-state index contributed by atoms with van der Waals surface area (Å²) < 4.78 is 0. The highest BCUT2D eigenvalue weighted by molar-refractivity contribution is 5.93. The van der Waals surface area contributed by atoms with E-state index in [0.717, 1.165) is 12.8 Å². The molecular formula is C20H43N5O2. The highest BCUT2D eigenvalue weighted by Crippen LogP contribution is 2.13. The van der Waals surface area contributed by atoms with Crippen molar-refractivity contribution < 1.29 is 9.90 Å². The second-order valence-corrected chi connectivity index (χ2v) is 7.05. The van der Waals surface area contributed by atoms with Crippen LogP contribution in [0.25, 0.3) is 0 Å². The van der Waals surface area contributed by atoms with Gasteiger partial charge >= 0.3 is 5.97 Å². The van der Waals surface area contributed by atoms with Gasteiger partial charge in [-0.15, -0.1) is 0 Å². The molecule has 0 aliphatic heterocycles. The van der Waals surface area contributed by atoms with E-state index in [4.69, 9.17) is 27.4 Å². The molecule has 0 saturated heterocycles. The second-order valence-electron chi connectivity index (χ2n) is 7.05. The number of rotatable bonds is 16. The maximum atomic E-state index is 10.3. The number of hydrogen-bond acceptors (Lipinski definition) is 3. The molecule has 0 aromatic heterocycles. The molecule has 8 N–H and O–H groups in total. The van der Waals surface area contributed by atoms with E-state index in [1.165, 1.54) is 83.5 Å². The predicted molar refractivity (Wildman–Crippen MR) is 114 cm³/mol. The molecule has 0 aromatic carbocycles. The van der Waals surface area contributed by atoms with Crippen molar-refractivity contribution in [1.29, 1.82) is 10.8 Å². The normalized spacial score (nSPS) is 9.96. The summed E-state index contributed by atoms with van der Waals surface area (Å²) in [6, 6.07) is 0. The SMILES string of the molecule is CCCCCCCCCCCCCCCCCC(=O)O.N=C(N)NC(=N)N. The number of carboxylic acids is 1. The number of nitrogens with two attached hydrogens (primary N) is 2. The zero-order valence-corrected chi connectivity index (χ0v) is 17.3. The van der Waals surface area contributed by atoms with Gasteiger partial charge in [-0.25, -0.2) is 0 Å². The lowest BCUT2D eigenvalue weighted by molar-refractivity contribution is -0.137. The predicted octanol–water partition coefficient (Wildman–Crippen LogP) is 4.70. The van der Waals surface area contributed by atoms with Crippen molar-refractivity contribution in [2.75, 3.05) is 0 Å². The minimum absolute atomic E-state index is 0.312. The first-order valence-electron chi connectivity index (χ1n) is 10.6. The summed E-state index contributed by atoms with van der Waals surface area (Å²) in [6.45, 7) is 2.27. The maximum absolute atomic E-state index is 10.3. The van der Waals surface area contributed by atoms with Crippen LogP contribution in [0.4, 0.5) is 0 Å². The Morgan fingerprint density at radius 1 is 0.704 bits per heavy atom. The Labute approximate surface area is 165 Å². The zero-order valence-electron chi connectivity index (χ0n) is 17.3. The third kappa shape index (κ3) is 32.4. The van der Waals surface area contributed by atoms with Gasteiger partial charge in [0, 0.05) is 6.42 Å². The van der Waals surface area contributed by atoms with Crippen LogP contribution in [0.3, 0.4) is 0 Å². The van der Waals surface area contributed by atoms with Crippen LogP contribution in [0.5, 0.6) is 0 Å². The van der Waals surface area contributed by atoms with Crippen molar-refractivity contribution in [1.82, 2.24) is 5.32 Å². The molecule has 0 heterocycles. The fourth-order valence-corrected chi connectivity index (χ4v) is 2.79. The standard InChI is InChI=1S/C18H36O2.C2H7N5/c1-2-3-4-5-6-7-8-9-10-11-12-13-14-15-16-17-18(19)20;3-1(4)7-2(5)6/h2-17H2,1H3,(H,19,20);(H7,3,4,5,6,7). The molecular weight excluding hydrogens is 342 g/mol. The number of guanidine groups is 2. The topological polar surface area (TPSA) is 149 Å². The Bertz CT molecular complexity index is 363. The number of nitrogens with one attached hydrogen (secondary N) is 3. The van der Waals surface area contributed by atoms with Gasteiger partial charge in [0.1, 0.15) is 0 Å². The molecule has 0 aliphatic rings. The number of hydrogen-bond donors (Lipinski definition) is 6. The van der Waals surface area contributed by atoms with Crippen LogP contribution in [0.1, 0.15) is 110 Å². The largest absolute Gasteiger partial charge is 0.481 e. The molecule has 0 unspecified atom stereocenters. The molecule has 7 heteroatoms. The van der Waals surface area contributed by atoms with Crippen LogP contribution in [-0.2, 0) is 4.79 Å². The smallest absolute Gasteiger partial charge is 0.303 e. The maximum Gasteiger partial charge on any atom is 0.303 e. The van der Waals surface area contributed by atoms with Gasteiger partial charge in [0.05, 0.1) is 0 Å². The van der Waals surface area contributed by atoms with Crippen molar-refractivity contribution in [3.8, 4) is 0 Å². The van der Waals surface area contributed by atoms with Crippen LogP contribution in [0, 0.1) is 10.8 Å². The van der Waals surface area contributed by atoms with Crippen LogP contribution >= 0.6 is 0 Å². The minimum Gasteiger partial charge on any atom is -0.481 e. The van der Waals surface area contributed by atoms with Crippen LogP contribution in [0.2, 0.25) is 0 Å². The molecule has 7 nitrogen and oxygen atoms in total. The summed E-state index contributed by atoms with van der Waals surface area (Å²) in [4.78, 5) is 10.3. The van der Waals surface area contributed by atoms with Gasteiger partial charge in [-0.3, -0.25) is 20.9 Å². The molecule has 160 valence electrons. The van der Waals surface area contributed by atoms with Gasteiger partial charge < -0.3 is 16.6 Å². The summed E-state index contributed by atoms with van der Waals surface area (Å²) in [6.07, 6.45) is 20.2.